The molecule has 0 saturated carbocycles. The first-order chi connectivity index (χ1) is 16.3. The first kappa shape index (κ1) is 23.9. The fraction of sp³-hybridized carbons (Fsp3) is 0.680. The van der Waals surface area contributed by atoms with E-state index in [-0.39, 0.29) is 24.3 Å². The van der Waals surface area contributed by atoms with Gasteiger partial charge in [0.15, 0.2) is 0 Å². The highest BCUT2D eigenvalue weighted by Gasteiger charge is 2.44. The summed E-state index contributed by atoms with van der Waals surface area (Å²) in [4.78, 5) is 29.3. The zero-order valence-corrected chi connectivity index (χ0v) is 20.9. The van der Waals surface area contributed by atoms with E-state index in [0.29, 0.717) is 43.7 Å². The van der Waals surface area contributed by atoms with Crippen LogP contribution in [-0.2, 0) is 19.8 Å². The highest BCUT2D eigenvalue weighted by Crippen LogP contribution is 2.36. The average Bonchev–Trinajstić information content (AvgIpc) is 3.49. The van der Waals surface area contributed by atoms with Crippen LogP contribution in [0.3, 0.4) is 0 Å². The molecule has 4 aliphatic rings. The standard InChI is InChI=1S/C25H36N4O4S/c1-19-4-6-22(7-5-19)29-24(30)18-23(25(29)31)26-14-8-20(9-15-26)21-10-16-28(17-11-21)34(32,33)27-12-2-3-13-27/h4-7,20-21,23H,2-3,8-18H2,1H3. The lowest BCUT2D eigenvalue weighted by Gasteiger charge is -2.41. The van der Waals surface area contributed by atoms with Gasteiger partial charge in [0, 0.05) is 26.2 Å². The molecule has 186 valence electrons. The molecule has 4 heterocycles. The van der Waals surface area contributed by atoms with Gasteiger partial charge in [0.2, 0.25) is 5.91 Å². The van der Waals surface area contributed by atoms with Gasteiger partial charge in [-0.2, -0.15) is 17.0 Å². The van der Waals surface area contributed by atoms with E-state index in [1.807, 2.05) is 31.2 Å². The topological polar surface area (TPSA) is 81.2 Å². The second-order valence-corrected chi connectivity index (χ2v) is 12.3. The van der Waals surface area contributed by atoms with Crippen LogP contribution < -0.4 is 4.90 Å². The van der Waals surface area contributed by atoms with Crippen molar-refractivity contribution in [1.29, 1.82) is 0 Å². The number of rotatable bonds is 5. The Labute approximate surface area is 203 Å². The lowest BCUT2D eigenvalue weighted by molar-refractivity contribution is -0.123. The monoisotopic (exact) mass is 488 g/mol. The van der Waals surface area contributed by atoms with Gasteiger partial charge >= 0.3 is 0 Å². The third kappa shape index (κ3) is 4.55. The number of hydrogen-bond donors (Lipinski definition) is 0. The predicted molar refractivity (Wildman–Crippen MR) is 130 cm³/mol. The minimum atomic E-state index is -3.29. The van der Waals surface area contributed by atoms with E-state index in [9.17, 15) is 18.0 Å². The molecule has 1 aromatic rings. The largest absolute Gasteiger partial charge is 0.292 e. The van der Waals surface area contributed by atoms with Crippen molar-refractivity contribution < 1.29 is 18.0 Å². The SMILES string of the molecule is Cc1ccc(N2C(=O)CC(N3CCC(C4CCN(S(=O)(=O)N5CCCC5)CC4)CC3)C2=O)cc1. The summed E-state index contributed by atoms with van der Waals surface area (Å²) in [7, 11) is -3.29. The van der Waals surface area contributed by atoms with Gasteiger partial charge in [0.25, 0.3) is 16.1 Å². The molecule has 1 atom stereocenters. The van der Waals surface area contributed by atoms with Crippen LogP contribution in [0.4, 0.5) is 5.69 Å². The van der Waals surface area contributed by atoms with Gasteiger partial charge in [-0.25, -0.2) is 4.90 Å². The third-order valence-electron chi connectivity index (χ3n) is 8.31. The van der Waals surface area contributed by atoms with Crippen LogP contribution in [0.5, 0.6) is 0 Å². The number of piperidine rings is 2. The number of imide groups is 1. The summed E-state index contributed by atoms with van der Waals surface area (Å²) in [6, 6.07) is 7.18. The van der Waals surface area contributed by atoms with E-state index in [1.165, 1.54) is 4.90 Å². The maximum atomic E-state index is 13.1. The van der Waals surface area contributed by atoms with Gasteiger partial charge in [0.1, 0.15) is 0 Å². The molecule has 0 bridgehead atoms. The van der Waals surface area contributed by atoms with Gasteiger partial charge in [-0.15, -0.1) is 0 Å². The highest BCUT2D eigenvalue weighted by molar-refractivity contribution is 7.86. The molecule has 5 rings (SSSR count). The van der Waals surface area contributed by atoms with Gasteiger partial charge in [-0.1, -0.05) is 17.7 Å². The maximum Gasteiger partial charge on any atom is 0.281 e. The number of amides is 2. The molecule has 9 heteroatoms. The van der Waals surface area contributed by atoms with Crippen LogP contribution in [0.15, 0.2) is 24.3 Å². The Morgan fingerprint density at radius 1 is 0.765 bits per heavy atom. The molecule has 4 aliphatic heterocycles. The van der Waals surface area contributed by atoms with Crippen molar-refractivity contribution in [1.82, 2.24) is 13.5 Å². The second kappa shape index (κ2) is 9.68. The maximum absolute atomic E-state index is 13.1. The molecular weight excluding hydrogens is 452 g/mol. The Morgan fingerprint density at radius 3 is 1.88 bits per heavy atom. The minimum Gasteiger partial charge on any atom is -0.292 e. The van der Waals surface area contributed by atoms with Crippen LogP contribution in [0.2, 0.25) is 0 Å². The summed E-state index contributed by atoms with van der Waals surface area (Å²) < 4.78 is 29.0. The molecule has 0 aromatic heterocycles. The van der Waals surface area contributed by atoms with Crippen LogP contribution in [0.25, 0.3) is 0 Å². The first-order valence-electron chi connectivity index (χ1n) is 12.8. The Balaban J connectivity index is 1.13. The van der Waals surface area contributed by atoms with E-state index in [1.54, 1.807) is 8.61 Å². The van der Waals surface area contributed by atoms with E-state index in [2.05, 4.69) is 4.90 Å². The van der Waals surface area contributed by atoms with E-state index >= 15 is 0 Å². The van der Waals surface area contributed by atoms with Crippen LogP contribution in [0, 0.1) is 18.8 Å². The first-order valence-corrected chi connectivity index (χ1v) is 14.2. The summed E-state index contributed by atoms with van der Waals surface area (Å²) in [6.45, 7) is 6.18. The van der Waals surface area contributed by atoms with Crippen LogP contribution in [0.1, 0.15) is 50.5 Å². The molecule has 1 unspecified atom stereocenters. The summed E-state index contributed by atoms with van der Waals surface area (Å²) in [5.41, 5.74) is 1.76. The van der Waals surface area contributed by atoms with Gasteiger partial charge in [-0.05, 0) is 82.5 Å². The number of anilines is 1. The quantitative estimate of drug-likeness (QED) is 0.595. The normalized spacial score (nSPS) is 27.2. The molecule has 34 heavy (non-hydrogen) atoms. The smallest absolute Gasteiger partial charge is 0.281 e. The Bertz CT molecular complexity index is 1010. The molecule has 8 nitrogen and oxygen atoms in total. The van der Waals surface area contributed by atoms with Crippen molar-refractivity contribution in [2.24, 2.45) is 11.8 Å². The van der Waals surface area contributed by atoms with Crippen LogP contribution in [-0.4, -0.2) is 79.1 Å². The number of nitrogens with zero attached hydrogens (tertiary/aromatic N) is 4. The van der Waals surface area contributed by atoms with Crippen molar-refractivity contribution in [2.75, 3.05) is 44.2 Å². The van der Waals surface area contributed by atoms with E-state index < -0.39 is 10.2 Å². The average molecular weight is 489 g/mol. The molecular formula is C25H36N4O4S. The lowest BCUT2D eigenvalue weighted by Crippen LogP contribution is -2.49. The second-order valence-electron chi connectivity index (χ2n) is 10.3. The summed E-state index contributed by atoms with van der Waals surface area (Å²) >= 11 is 0. The predicted octanol–water partition coefficient (Wildman–Crippen LogP) is 2.39. The summed E-state index contributed by atoms with van der Waals surface area (Å²) in [5.74, 6) is 0.880. The van der Waals surface area contributed by atoms with Gasteiger partial charge in [0.05, 0.1) is 18.2 Å². The number of likely N-dealkylation sites (tertiary alicyclic amines) is 1. The lowest BCUT2D eigenvalue weighted by atomic mass is 9.79. The van der Waals surface area contributed by atoms with E-state index in [4.69, 9.17) is 0 Å². The number of hydrogen-bond acceptors (Lipinski definition) is 5. The molecule has 0 radical (unpaired) electrons. The molecule has 4 saturated heterocycles. The molecule has 1 aromatic carbocycles. The van der Waals surface area contributed by atoms with Crippen molar-refractivity contribution >= 4 is 27.7 Å². The van der Waals surface area contributed by atoms with Crippen molar-refractivity contribution in [3.63, 3.8) is 0 Å². The number of benzene rings is 1. The summed E-state index contributed by atoms with van der Waals surface area (Å²) in [6.07, 6.45) is 6.03. The van der Waals surface area contributed by atoms with Crippen LogP contribution >= 0.6 is 0 Å². The molecule has 0 aliphatic carbocycles. The van der Waals surface area contributed by atoms with Gasteiger partial charge in [-0.3, -0.25) is 14.5 Å². The van der Waals surface area contributed by atoms with Crippen molar-refractivity contribution in [2.45, 2.75) is 57.9 Å². The van der Waals surface area contributed by atoms with Crippen molar-refractivity contribution in [3.05, 3.63) is 29.8 Å². The Hall–Kier alpha value is -1.81. The minimum absolute atomic E-state index is 0.104. The molecule has 2 amide bonds. The highest BCUT2D eigenvalue weighted by atomic mass is 32.2. The third-order valence-corrected chi connectivity index (χ3v) is 10.3. The number of aryl methyl sites for hydroxylation is 1. The number of carbonyl (C=O) groups excluding carboxylic acids is 2. The van der Waals surface area contributed by atoms with Gasteiger partial charge < -0.3 is 0 Å². The number of carbonyl (C=O) groups is 2. The fourth-order valence-electron chi connectivity index (χ4n) is 6.23. The summed E-state index contributed by atoms with van der Waals surface area (Å²) in [5, 5.41) is 0. The Kier molecular flexibility index (Phi) is 6.81. The molecule has 4 fully saturated rings. The molecule has 0 spiro atoms. The molecule has 0 N–H and O–H groups in total. The zero-order valence-electron chi connectivity index (χ0n) is 20.1. The zero-order chi connectivity index (χ0) is 23.9. The van der Waals surface area contributed by atoms with E-state index in [0.717, 1.165) is 57.2 Å². The Morgan fingerprint density at radius 2 is 1.29 bits per heavy atom. The fourth-order valence-corrected chi connectivity index (χ4v) is 7.95. The van der Waals surface area contributed by atoms with Crippen molar-refractivity contribution in [3.8, 4) is 0 Å².